The van der Waals surface area contributed by atoms with E-state index in [0.29, 0.717) is 27.9 Å². The maximum Gasteiger partial charge on any atom is 0.280 e. The van der Waals surface area contributed by atoms with Gasteiger partial charge in [0.05, 0.1) is 22.2 Å². The molecule has 2 N–H and O–H groups in total. The molecule has 1 aliphatic rings. The average molecular weight is 532 g/mol. The molecule has 1 aliphatic heterocycles. The van der Waals surface area contributed by atoms with Crippen LogP contribution in [0.25, 0.3) is 11.3 Å². The van der Waals surface area contributed by atoms with Crippen molar-refractivity contribution < 1.29 is 18.5 Å². The van der Waals surface area contributed by atoms with E-state index in [2.05, 4.69) is 15.6 Å². The molecule has 192 valence electrons. The fourth-order valence-electron chi connectivity index (χ4n) is 4.43. The molecule has 2 aromatic heterocycles. The predicted octanol–water partition coefficient (Wildman–Crippen LogP) is 5.39. The molecule has 5 rings (SSSR count). The summed E-state index contributed by atoms with van der Waals surface area (Å²) in [6, 6.07) is 20.0. The van der Waals surface area contributed by atoms with Crippen molar-refractivity contribution in [2.45, 2.75) is 18.5 Å². The first-order valence-corrected chi connectivity index (χ1v) is 12.2. The minimum absolute atomic E-state index is 0.0657. The van der Waals surface area contributed by atoms with Gasteiger partial charge in [0.2, 0.25) is 5.91 Å². The Morgan fingerprint density at radius 1 is 1.11 bits per heavy atom. The summed E-state index contributed by atoms with van der Waals surface area (Å²) in [7, 11) is 0. The van der Waals surface area contributed by atoms with Gasteiger partial charge in [-0.2, -0.15) is 0 Å². The van der Waals surface area contributed by atoms with E-state index in [0.717, 1.165) is 5.69 Å². The zero-order valence-corrected chi connectivity index (χ0v) is 20.7. The molecule has 0 bridgehead atoms. The number of thiocarbonyl (C=S) groups is 1. The summed E-state index contributed by atoms with van der Waals surface area (Å²) >= 11 is 5.63. The van der Waals surface area contributed by atoms with Crippen LogP contribution >= 0.6 is 12.2 Å². The van der Waals surface area contributed by atoms with Gasteiger partial charge in [-0.1, -0.05) is 18.2 Å². The highest BCUT2D eigenvalue weighted by atomic mass is 32.1. The molecule has 0 unspecified atom stereocenters. The van der Waals surface area contributed by atoms with Crippen LogP contribution in [0.15, 0.2) is 89.5 Å². The van der Waals surface area contributed by atoms with E-state index >= 15 is 0 Å². The van der Waals surface area contributed by atoms with Crippen LogP contribution in [0, 0.1) is 15.9 Å². The molecule has 1 fully saturated rings. The Kier molecular flexibility index (Phi) is 7.09. The van der Waals surface area contributed by atoms with Gasteiger partial charge >= 0.3 is 0 Å². The number of hydrogen-bond acceptors (Lipinski definition) is 6. The molecule has 2 aromatic carbocycles. The molecule has 0 aliphatic carbocycles. The van der Waals surface area contributed by atoms with Crippen LogP contribution in [0.2, 0.25) is 0 Å². The topological polar surface area (TPSA) is 114 Å². The highest BCUT2D eigenvalue weighted by Gasteiger charge is 2.41. The van der Waals surface area contributed by atoms with Gasteiger partial charge in [0.1, 0.15) is 23.4 Å². The lowest BCUT2D eigenvalue weighted by atomic mass is 10.0. The molecule has 1 saturated heterocycles. The number of furan rings is 1. The van der Waals surface area contributed by atoms with Crippen molar-refractivity contribution >= 4 is 34.6 Å². The molecule has 11 heteroatoms. The van der Waals surface area contributed by atoms with Gasteiger partial charge in [0, 0.05) is 30.9 Å². The van der Waals surface area contributed by atoms with E-state index in [4.69, 9.17) is 16.6 Å². The first-order chi connectivity index (χ1) is 18.4. The molecule has 1 amide bonds. The Morgan fingerprint density at radius 3 is 2.61 bits per heavy atom. The fourth-order valence-corrected chi connectivity index (χ4v) is 4.76. The van der Waals surface area contributed by atoms with Crippen LogP contribution in [0.3, 0.4) is 0 Å². The highest BCUT2D eigenvalue weighted by Crippen LogP contribution is 2.41. The molecule has 3 heterocycles. The molecule has 0 spiro atoms. The number of rotatable bonds is 8. The number of carbonyl (C=O) groups excluding carboxylic acids is 1. The van der Waals surface area contributed by atoms with E-state index in [1.807, 2.05) is 23.1 Å². The van der Waals surface area contributed by atoms with Gasteiger partial charge in [0.15, 0.2) is 5.11 Å². The Balaban J connectivity index is 1.42. The van der Waals surface area contributed by atoms with Crippen molar-refractivity contribution in [3.63, 3.8) is 0 Å². The van der Waals surface area contributed by atoms with E-state index in [1.54, 1.807) is 36.5 Å². The first-order valence-electron chi connectivity index (χ1n) is 11.8. The smallest absolute Gasteiger partial charge is 0.280 e. The van der Waals surface area contributed by atoms with E-state index < -0.39 is 16.8 Å². The maximum atomic E-state index is 13.2. The van der Waals surface area contributed by atoms with Gasteiger partial charge in [-0.15, -0.1) is 0 Å². The number of anilines is 1. The largest absolute Gasteiger partial charge is 0.459 e. The number of amides is 1. The van der Waals surface area contributed by atoms with Crippen LogP contribution in [0.1, 0.15) is 30.0 Å². The van der Waals surface area contributed by atoms with Crippen molar-refractivity contribution in [1.82, 2.24) is 15.2 Å². The third kappa shape index (κ3) is 5.23. The Bertz CT molecular complexity index is 1480. The number of nitrogens with one attached hydrogen (secondary N) is 2. The number of benzene rings is 2. The van der Waals surface area contributed by atoms with Crippen molar-refractivity contribution in [3.05, 3.63) is 112 Å². The predicted molar refractivity (Wildman–Crippen MR) is 143 cm³/mol. The van der Waals surface area contributed by atoms with Crippen molar-refractivity contribution in [2.75, 3.05) is 11.9 Å². The van der Waals surface area contributed by atoms with Crippen LogP contribution in [-0.2, 0) is 4.79 Å². The zero-order chi connectivity index (χ0) is 26.6. The van der Waals surface area contributed by atoms with E-state index in [1.165, 1.54) is 30.3 Å². The Labute approximate surface area is 222 Å². The van der Waals surface area contributed by atoms with Crippen molar-refractivity contribution in [1.29, 1.82) is 0 Å². The van der Waals surface area contributed by atoms with Gasteiger partial charge in [-0.05, 0) is 66.8 Å². The number of carbonyl (C=O) groups is 1. The summed E-state index contributed by atoms with van der Waals surface area (Å²) in [6.07, 6.45) is 1.78. The quantitative estimate of drug-likeness (QED) is 0.177. The van der Waals surface area contributed by atoms with Crippen LogP contribution in [-0.4, -0.2) is 32.4 Å². The number of aromatic nitrogens is 1. The summed E-state index contributed by atoms with van der Waals surface area (Å²) in [4.78, 5) is 30.1. The highest BCUT2D eigenvalue weighted by molar-refractivity contribution is 7.80. The summed E-state index contributed by atoms with van der Waals surface area (Å²) < 4.78 is 19.4. The van der Waals surface area contributed by atoms with Crippen molar-refractivity contribution in [3.8, 4) is 11.3 Å². The van der Waals surface area contributed by atoms with E-state index in [-0.39, 0.29) is 30.6 Å². The number of pyridine rings is 1. The zero-order valence-electron chi connectivity index (χ0n) is 19.9. The lowest BCUT2D eigenvalue weighted by molar-refractivity contribution is -0.384. The minimum atomic E-state index is -0.465. The minimum Gasteiger partial charge on any atom is -0.459 e. The molecule has 38 heavy (non-hydrogen) atoms. The number of hydrogen-bond donors (Lipinski definition) is 2. The van der Waals surface area contributed by atoms with Crippen molar-refractivity contribution in [2.24, 2.45) is 0 Å². The first kappa shape index (κ1) is 25.0. The molecule has 0 saturated carbocycles. The molecule has 4 aromatic rings. The SMILES string of the molecule is O=C(CCN1C(=S)N[C@H](c2ccccn2)[C@@H]1c1ccc(-c2ccccc2[N+](=O)[O-])o1)Nc1ccc(F)cc1. The third-order valence-electron chi connectivity index (χ3n) is 6.19. The van der Waals surface area contributed by atoms with Crippen LogP contribution in [0.5, 0.6) is 0 Å². The standard InChI is InChI=1S/C27H22FN5O4S/c28-17-8-10-18(11-9-17)30-24(34)14-16-32-26(25(31-27(32)38)20-6-3-4-15-29-20)23-13-12-22(37-23)19-5-1-2-7-21(19)33(35)36/h1-13,15,25-26H,14,16H2,(H,30,34)(H,31,38)/t25-,26+/m1/s1. The monoisotopic (exact) mass is 531 g/mol. The molecule has 9 nitrogen and oxygen atoms in total. The van der Waals surface area contributed by atoms with Gasteiger partial charge in [-0.3, -0.25) is 19.9 Å². The second kappa shape index (κ2) is 10.8. The number of para-hydroxylation sites is 1. The van der Waals surface area contributed by atoms with Crippen LogP contribution < -0.4 is 10.6 Å². The molecular formula is C27H22FN5O4S. The second-order valence-electron chi connectivity index (χ2n) is 8.60. The lowest BCUT2D eigenvalue weighted by Crippen LogP contribution is -2.32. The maximum absolute atomic E-state index is 13.2. The molecule has 2 atom stereocenters. The summed E-state index contributed by atoms with van der Waals surface area (Å²) in [5.74, 6) is 0.206. The van der Waals surface area contributed by atoms with Gasteiger partial charge < -0.3 is 20.0 Å². The third-order valence-corrected chi connectivity index (χ3v) is 6.54. The summed E-state index contributed by atoms with van der Waals surface area (Å²) in [5, 5.41) is 18.0. The Hall–Kier alpha value is -4.64. The summed E-state index contributed by atoms with van der Waals surface area (Å²) in [5.41, 5.74) is 1.50. The summed E-state index contributed by atoms with van der Waals surface area (Å²) in [6.45, 7) is 0.258. The molecule has 0 radical (unpaired) electrons. The number of nitro benzene ring substituents is 1. The molecular weight excluding hydrogens is 509 g/mol. The van der Waals surface area contributed by atoms with Gasteiger partial charge in [-0.25, -0.2) is 4.39 Å². The van der Waals surface area contributed by atoms with E-state index in [9.17, 15) is 19.3 Å². The normalized spacial score (nSPS) is 16.8. The number of nitro groups is 1. The Morgan fingerprint density at radius 2 is 1.87 bits per heavy atom. The average Bonchev–Trinajstić information content (AvgIpc) is 3.53. The fraction of sp³-hybridized carbons (Fsp3) is 0.148. The lowest BCUT2D eigenvalue weighted by Gasteiger charge is -2.25. The van der Waals surface area contributed by atoms with Gasteiger partial charge in [0.25, 0.3) is 5.69 Å². The second-order valence-corrected chi connectivity index (χ2v) is 8.99. The number of nitrogens with zero attached hydrogens (tertiary/aromatic N) is 3. The van der Waals surface area contributed by atoms with Crippen LogP contribution in [0.4, 0.5) is 15.8 Å². The number of halogens is 1.